The minimum atomic E-state index is -0.582. The smallest absolute Gasteiger partial charge is 0.258 e. The molecule has 0 radical (unpaired) electrons. The van der Waals surface area contributed by atoms with Gasteiger partial charge in [-0.15, -0.1) is 0 Å². The SMILES string of the molecule is NCC1COCCN1C(=O)c1ccc(F)cc1O. The Labute approximate surface area is 104 Å². The fourth-order valence-corrected chi connectivity index (χ4v) is 1.96. The molecule has 1 heterocycles. The quantitative estimate of drug-likeness (QED) is 0.797. The first-order chi connectivity index (χ1) is 8.63. The van der Waals surface area contributed by atoms with Gasteiger partial charge >= 0.3 is 0 Å². The molecular formula is C12H15FN2O3. The fourth-order valence-electron chi connectivity index (χ4n) is 1.96. The predicted molar refractivity (Wildman–Crippen MR) is 62.8 cm³/mol. The summed E-state index contributed by atoms with van der Waals surface area (Å²) in [7, 11) is 0. The summed E-state index contributed by atoms with van der Waals surface area (Å²) in [5, 5.41) is 9.60. The van der Waals surface area contributed by atoms with Crippen LogP contribution in [0.15, 0.2) is 18.2 Å². The van der Waals surface area contributed by atoms with Crippen LogP contribution in [-0.4, -0.2) is 48.3 Å². The highest BCUT2D eigenvalue weighted by Crippen LogP contribution is 2.21. The maximum Gasteiger partial charge on any atom is 0.258 e. The van der Waals surface area contributed by atoms with E-state index in [2.05, 4.69) is 0 Å². The van der Waals surface area contributed by atoms with Gasteiger partial charge < -0.3 is 20.5 Å². The molecule has 1 unspecified atom stereocenters. The van der Waals surface area contributed by atoms with E-state index in [1.807, 2.05) is 0 Å². The Hall–Kier alpha value is -1.66. The van der Waals surface area contributed by atoms with E-state index in [-0.39, 0.29) is 29.8 Å². The molecule has 1 aromatic rings. The lowest BCUT2D eigenvalue weighted by molar-refractivity contribution is 0.000693. The molecule has 5 nitrogen and oxygen atoms in total. The number of nitrogens with zero attached hydrogens (tertiary/aromatic N) is 1. The molecule has 18 heavy (non-hydrogen) atoms. The van der Waals surface area contributed by atoms with Crippen LogP contribution in [0.3, 0.4) is 0 Å². The first-order valence-corrected chi connectivity index (χ1v) is 5.70. The number of morpholine rings is 1. The number of carbonyl (C=O) groups excluding carboxylic acids is 1. The standard InChI is InChI=1S/C12H15FN2O3/c13-8-1-2-10(11(16)5-8)12(17)15-3-4-18-7-9(15)6-14/h1-2,5,9,16H,3-4,6-7,14H2. The molecule has 1 atom stereocenters. The van der Waals surface area contributed by atoms with Gasteiger partial charge in [-0.3, -0.25) is 4.79 Å². The summed E-state index contributed by atoms with van der Waals surface area (Å²) < 4.78 is 18.1. The Morgan fingerprint density at radius 3 is 3.06 bits per heavy atom. The number of rotatable bonds is 2. The Balaban J connectivity index is 2.24. The number of halogens is 1. The van der Waals surface area contributed by atoms with E-state index in [4.69, 9.17) is 10.5 Å². The molecule has 1 amide bonds. The van der Waals surface area contributed by atoms with Crippen molar-refractivity contribution in [3.63, 3.8) is 0 Å². The lowest BCUT2D eigenvalue weighted by Gasteiger charge is -2.35. The van der Waals surface area contributed by atoms with Crippen LogP contribution in [-0.2, 0) is 4.74 Å². The van der Waals surface area contributed by atoms with Crippen LogP contribution in [0, 0.1) is 5.82 Å². The minimum Gasteiger partial charge on any atom is -0.507 e. The van der Waals surface area contributed by atoms with Gasteiger partial charge in [-0.1, -0.05) is 0 Å². The van der Waals surface area contributed by atoms with Gasteiger partial charge in [-0.25, -0.2) is 4.39 Å². The van der Waals surface area contributed by atoms with E-state index in [1.165, 1.54) is 6.07 Å². The number of nitrogens with two attached hydrogens (primary N) is 1. The summed E-state index contributed by atoms with van der Waals surface area (Å²) in [5.41, 5.74) is 5.66. The molecule has 98 valence electrons. The summed E-state index contributed by atoms with van der Waals surface area (Å²) >= 11 is 0. The van der Waals surface area contributed by atoms with Crippen LogP contribution >= 0.6 is 0 Å². The number of hydrogen-bond donors (Lipinski definition) is 2. The van der Waals surface area contributed by atoms with Crippen LogP contribution in [0.25, 0.3) is 0 Å². The van der Waals surface area contributed by atoms with Crippen molar-refractivity contribution >= 4 is 5.91 Å². The van der Waals surface area contributed by atoms with Crippen molar-refractivity contribution in [1.82, 2.24) is 4.90 Å². The van der Waals surface area contributed by atoms with Crippen molar-refractivity contribution in [1.29, 1.82) is 0 Å². The van der Waals surface area contributed by atoms with Gasteiger partial charge in [-0.05, 0) is 12.1 Å². The minimum absolute atomic E-state index is 0.0803. The van der Waals surface area contributed by atoms with Crippen LogP contribution in [0.4, 0.5) is 4.39 Å². The van der Waals surface area contributed by atoms with Gasteiger partial charge in [0.15, 0.2) is 0 Å². The number of phenols is 1. The molecule has 6 heteroatoms. The summed E-state index contributed by atoms with van der Waals surface area (Å²) in [6, 6.07) is 3.13. The van der Waals surface area contributed by atoms with Gasteiger partial charge in [0.25, 0.3) is 5.91 Å². The molecule has 0 saturated carbocycles. The molecular weight excluding hydrogens is 239 g/mol. The van der Waals surface area contributed by atoms with Crippen LogP contribution in [0.5, 0.6) is 5.75 Å². The second kappa shape index (κ2) is 5.32. The van der Waals surface area contributed by atoms with Gasteiger partial charge in [0, 0.05) is 19.2 Å². The van der Waals surface area contributed by atoms with Gasteiger partial charge in [0.1, 0.15) is 11.6 Å². The van der Waals surface area contributed by atoms with Crippen LogP contribution < -0.4 is 5.73 Å². The maximum absolute atomic E-state index is 12.9. The van der Waals surface area contributed by atoms with E-state index in [1.54, 1.807) is 4.90 Å². The zero-order valence-electron chi connectivity index (χ0n) is 9.80. The van der Waals surface area contributed by atoms with E-state index in [9.17, 15) is 14.3 Å². The molecule has 3 N–H and O–H groups in total. The number of phenolic OH excluding ortho intramolecular Hbond substituents is 1. The zero-order valence-corrected chi connectivity index (χ0v) is 9.80. The molecule has 0 spiro atoms. The van der Waals surface area contributed by atoms with Crippen molar-refractivity contribution in [2.24, 2.45) is 5.73 Å². The lowest BCUT2D eigenvalue weighted by Crippen LogP contribution is -2.52. The molecule has 1 aliphatic rings. The molecule has 1 aromatic carbocycles. The number of amides is 1. The average molecular weight is 254 g/mol. The lowest BCUT2D eigenvalue weighted by atomic mass is 10.1. The summed E-state index contributed by atoms with van der Waals surface area (Å²) in [6.45, 7) is 1.51. The zero-order chi connectivity index (χ0) is 13.1. The second-order valence-corrected chi connectivity index (χ2v) is 4.12. The highest BCUT2D eigenvalue weighted by molar-refractivity contribution is 5.97. The van der Waals surface area contributed by atoms with E-state index in [0.29, 0.717) is 19.8 Å². The monoisotopic (exact) mass is 254 g/mol. The van der Waals surface area contributed by atoms with Crippen molar-refractivity contribution in [3.05, 3.63) is 29.6 Å². The Bertz CT molecular complexity index is 453. The first-order valence-electron chi connectivity index (χ1n) is 5.70. The van der Waals surface area contributed by atoms with Crippen LogP contribution in [0.2, 0.25) is 0 Å². The van der Waals surface area contributed by atoms with E-state index >= 15 is 0 Å². The average Bonchev–Trinajstić information content (AvgIpc) is 2.38. The third-order valence-electron chi connectivity index (χ3n) is 2.95. The van der Waals surface area contributed by atoms with Crippen molar-refractivity contribution in [2.75, 3.05) is 26.3 Å². The third kappa shape index (κ3) is 2.44. The van der Waals surface area contributed by atoms with Crippen LogP contribution in [0.1, 0.15) is 10.4 Å². The normalized spacial score (nSPS) is 19.9. The summed E-state index contributed by atoms with van der Waals surface area (Å²) in [5.74, 6) is -1.30. The first kappa shape index (κ1) is 12.8. The number of aromatic hydroxyl groups is 1. The fraction of sp³-hybridized carbons (Fsp3) is 0.417. The predicted octanol–water partition coefficient (Wildman–Crippen LogP) is 0.331. The Morgan fingerprint density at radius 2 is 2.39 bits per heavy atom. The van der Waals surface area contributed by atoms with Gasteiger partial charge in [0.05, 0.1) is 24.8 Å². The molecule has 1 fully saturated rings. The molecule has 0 aromatic heterocycles. The Morgan fingerprint density at radius 1 is 1.61 bits per heavy atom. The maximum atomic E-state index is 12.9. The van der Waals surface area contributed by atoms with Gasteiger partial charge in [0.2, 0.25) is 0 Å². The largest absolute Gasteiger partial charge is 0.507 e. The highest BCUT2D eigenvalue weighted by atomic mass is 19.1. The summed E-state index contributed by atoms with van der Waals surface area (Å²) in [6.07, 6.45) is 0. The van der Waals surface area contributed by atoms with Crippen molar-refractivity contribution in [3.8, 4) is 5.75 Å². The number of hydrogen-bond acceptors (Lipinski definition) is 4. The molecule has 0 aliphatic carbocycles. The topological polar surface area (TPSA) is 75.8 Å². The van der Waals surface area contributed by atoms with E-state index in [0.717, 1.165) is 12.1 Å². The molecule has 1 saturated heterocycles. The third-order valence-corrected chi connectivity index (χ3v) is 2.95. The number of ether oxygens (including phenoxy) is 1. The van der Waals surface area contributed by atoms with Gasteiger partial charge in [-0.2, -0.15) is 0 Å². The van der Waals surface area contributed by atoms with Crippen molar-refractivity contribution in [2.45, 2.75) is 6.04 Å². The molecule has 0 bridgehead atoms. The number of carbonyl (C=O) groups is 1. The Kier molecular flexibility index (Phi) is 3.78. The summed E-state index contributed by atoms with van der Waals surface area (Å²) in [4.78, 5) is 13.8. The van der Waals surface area contributed by atoms with E-state index < -0.39 is 5.82 Å². The number of benzene rings is 1. The highest BCUT2D eigenvalue weighted by Gasteiger charge is 2.28. The van der Waals surface area contributed by atoms with Crippen molar-refractivity contribution < 1.29 is 19.0 Å². The molecule has 1 aliphatic heterocycles. The molecule has 2 rings (SSSR count). The second-order valence-electron chi connectivity index (χ2n) is 4.12.